The summed E-state index contributed by atoms with van der Waals surface area (Å²) in [6.07, 6.45) is 1.48. The van der Waals surface area contributed by atoms with Gasteiger partial charge in [0.25, 0.3) is 0 Å². The van der Waals surface area contributed by atoms with Crippen LogP contribution in [0.5, 0.6) is 5.75 Å². The highest BCUT2D eigenvalue weighted by Crippen LogP contribution is 2.56. The van der Waals surface area contributed by atoms with E-state index >= 15 is 0 Å². The SMILES string of the molecule is CC1(C)CC(=O)C2=C(C1)N(CC(=O)O)C1=C(C(=O)CC(C)(C)C1)C2c1cc(Cl)cc(Cl)c1OCc1ccccc1Cl. The van der Waals surface area contributed by atoms with Gasteiger partial charge in [0.05, 0.1) is 5.02 Å². The smallest absolute Gasteiger partial charge is 0.323 e. The Balaban J connectivity index is 1.76. The van der Waals surface area contributed by atoms with Gasteiger partial charge in [-0.15, -0.1) is 0 Å². The van der Waals surface area contributed by atoms with E-state index in [0.717, 1.165) is 5.56 Å². The van der Waals surface area contributed by atoms with E-state index in [9.17, 15) is 19.5 Å². The van der Waals surface area contributed by atoms with Gasteiger partial charge in [0.2, 0.25) is 0 Å². The Morgan fingerprint density at radius 1 is 0.902 bits per heavy atom. The number of hydrogen-bond donors (Lipinski definition) is 1. The van der Waals surface area contributed by atoms with Crippen molar-refractivity contribution in [3.05, 3.63) is 85.1 Å². The molecule has 2 aromatic rings. The number of benzene rings is 2. The quantitative estimate of drug-likeness (QED) is 0.354. The third-order valence-corrected chi connectivity index (χ3v) is 8.86. The Labute approximate surface area is 254 Å². The fourth-order valence-electron chi connectivity index (χ4n) is 6.40. The van der Waals surface area contributed by atoms with E-state index in [0.29, 0.717) is 56.7 Å². The second-order valence-corrected chi connectivity index (χ2v) is 14.0. The molecule has 6 nitrogen and oxygen atoms in total. The van der Waals surface area contributed by atoms with Gasteiger partial charge in [-0.25, -0.2) is 0 Å². The second-order valence-electron chi connectivity index (χ2n) is 12.7. The number of ketones is 2. The highest BCUT2D eigenvalue weighted by atomic mass is 35.5. The summed E-state index contributed by atoms with van der Waals surface area (Å²) < 4.78 is 6.30. The van der Waals surface area contributed by atoms with Crippen LogP contribution in [0, 0.1) is 10.8 Å². The van der Waals surface area contributed by atoms with Crippen LogP contribution in [-0.2, 0) is 21.0 Å². The highest BCUT2D eigenvalue weighted by molar-refractivity contribution is 6.36. The molecule has 0 saturated heterocycles. The van der Waals surface area contributed by atoms with Gasteiger partial charge in [0, 0.05) is 62.5 Å². The van der Waals surface area contributed by atoms with Crippen LogP contribution in [-0.4, -0.2) is 34.1 Å². The summed E-state index contributed by atoms with van der Waals surface area (Å²) in [5.74, 6) is -1.79. The first-order chi connectivity index (χ1) is 19.2. The number of Topliss-reactive ketones (excluding diaryl/α,β-unsaturated/α-hetero) is 2. The maximum Gasteiger partial charge on any atom is 0.323 e. The normalized spacial score (nSPS) is 20.2. The number of nitrogens with zero attached hydrogens (tertiary/aromatic N) is 1. The van der Waals surface area contributed by atoms with Gasteiger partial charge >= 0.3 is 5.97 Å². The highest BCUT2D eigenvalue weighted by Gasteiger charge is 2.50. The summed E-state index contributed by atoms with van der Waals surface area (Å²) in [5, 5.41) is 11.0. The van der Waals surface area contributed by atoms with Crippen LogP contribution in [0.1, 0.15) is 70.4 Å². The largest absolute Gasteiger partial charge is 0.487 e. The van der Waals surface area contributed by atoms with Crippen molar-refractivity contribution in [2.45, 2.75) is 65.9 Å². The number of carbonyl (C=O) groups excluding carboxylic acids is 2. The minimum atomic E-state index is -1.04. The molecule has 3 aliphatic rings. The van der Waals surface area contributed by atoms with Crippen LogP contribution in [0.15, 0.2) is 58.9 Å². The molecular formula is C32H32Cl3NO5. The number of carboxylic acids is 1. The molecule has 9 heteroatoms. The van der Waals surface area contributed by atoms with Crippen LogP contribution in [0.2, 0.25) is 15.1 Å². The third kappa shape index (κ3) is 5.79. The van der Waals surface area contributed by atoms with Crippen molar-refractivity contribution in [3.8, 4) is 5.75 Å². The Morgan fingerprint density at radius 3 is 2.00 bits per heavy atom. The van der Waals surface area contributed by atoms with Crippen molar-refractivity contribution in [2.24, 2.45) is 10.8 Å². The van der Waals surface area contributed by atoms with Gasteiger partial charge < -0.3 is 14.7 Å². The van der Waals surface area contributed by atoms with E-state index in [1.807, 2.05) is 45.9 Å². The first kappa shape index (κ1) is 29.7. The number of ether oxygens (including phenoxy) is 1. The third-order valence-electron chi connectivity index (χ3n) is 7.99. The number of rotatable bonds is 6. The van der Waals surface area contributed by atoms with Crippen molar-refractivity contribution in [1.82, 2.24) is 4.90 Å². The summed E-state index contributed by atoms with van der Waals surface area (Å²) in [5.41, 5.74) is 2.57. The van der Waals surface area contributed by atoms with Crippen molar-refractivity contribution >= 4 is 52.3 Å². The first-order valence-corrected chi connectivity index (χ1v) is 14.7. The van der Waals surface area contributed by atoms with E-state index in [1.54, 1.807) is 23.1 Å². The maximum atomic E-state index is 14.0. The van der Waals surface area contributed by atoms with E-state index < -0.39 is 22.7 Å². The zero-order valence-corrected chi connectivity index (χ0v) is 25.7. The molecular weight excluding hydrogens is 585 g/mol. The van der Waals surface area contributed by atoms with Crippen molar-refractivity contribution in [3.63, 3.8) is 0 Å². The summed E-state index contributed by atoms with van der Waals surface area (Å²) >= 11 is 19.7. The van der Waals surface area contributed by atoms with Crippen LogP contribution < -0.4 is 4.74 Å². The predicted molar refractivity (Wildman–Crippen MR) is 159 cm³/mol. The minimum absolute atomic E-state index is 0.103. The number of allylic oxidation sites excluding steroid dienone is 4. The molecule has 0 bridgehead atoms. The lowest BCUT2D eigenvalue weighted by Crippen LogP contribution is -2.45. The number of carbonyl (C=O) groups is 3. The summed E-state index contributed by atoms with van der Waals surface area (Å²) in [7, 11) is 0. The first-order valence-electron chi connectivity index (χ1n) is 13.5. The van der Waals surface area contributed by atoms with Gasteiger partial charge in [0.15, 0.2) is 11.6 Å². The van der Waals surface area contributed by atoms with Gasteiger partial charge in [-0.05, 0) is 41.9 Å². The molecule has 0 amide bonds. The standard InChI is InChI=1S/C32H32Cl3NO5/c1-31(2)11-22-28(24(37)13-31)27(29-23(36(22)15-26(39)40)12-32(3,4)14-25(29)38)19-9-18(33)10-21(35)30(19)41-16-17-7-5-6-8-20(17)34/h5-10,27H,11-16H2,1-4H3,(H,39,40). The monoisotopic (exact) mass is 615 g/mol. The molecule has 2 aromatic carbocycles. The molecule has 0 unspecified atom stereocenters. The van der Waals surface area contributed by atoms with Crippen LogP contribution >= 0.6 is 34.8 Å². The molecule has 216 valence electrons. The molecule has 0 fully saturated rings. The molecule has 1 aliphatic heterocycles. The van der Waals surface area contributed by atoms with E-state index in [-0.39, 0.29) is 42.6 Å². The van der Waals surface area contributed by atoms with Crippen LogP contribution in [0.4, 0.5) is 0 Å². The lowest BCUT2D eigenvalue weighted by molar-refractivity contribution is -0.138. The zero-order chi connectivity index (χ0) is 29.9. The van der Waals surface area contributed by atoms with Crippen LogP contribution in [0.25, 0.3) is 0 Å². The van der Waals surface area contributed by atoms with Crippen LogP contribution in [0.3, 0.4) is 0 Å². The molecule has 0 radical (unpaired) electrons. The fraction of sp³-hybridized carbons (Fsp3) is 0.406. The zero-order valence-electron chi connectivity index (χ0n) is 23.4. The van der Waals surface area contributed by atoms with Crippen molar-refractivity contribution < 1.29 is 24.2 Å². The molecule has 0 atom stereocenters. The Morgan fingerprint density at radius 2 is 1.46 bits per heavy atom. The van der Waals surface area contributed by atoms with Gasteiger partial charge in [-0.1, -0.05) is 80.7 Å². The number of hydrogen-bond acceptors (Lipinski definition) is 5. The maximum absolute atomic E-state index is 14.0. The molecule has 2 aliphatic carbocycles. The molecule has 0 spiro atoms. The predicted octanol–water partition coefficient (Wildman–Crippen LogP) is 8.00. The molecule has 1 N–H and O–H groups in total. The molecule has 0 saturated carbocycles. The summed E-state index contributed by atoms with van der Waals surface area (Å²) in [6.45, 7) is 7.75. The average molecular weight is 617 g/mol. The lowest BCUT2D eigenvalue weighted by Gasteiger charge is -2.48. The van der Waals surface area contributed by atoms with E-state index in [1.165, 1.54) is 0 Å². The van der Waals surface area contributed by atoms with E-state index in [2.05, 4.69) is 0 Å². The molecule has 1 heterocycles. The Kier molecular flexibility index (Phi) is 7.82. The number of aliphatic carboxylic acids is 1. The van der Waals surface area contributed by atoms with Gasteiger partial charge in [-0.2, -0.15) is 0 Å². The second kappa shape index (κ2) is 10.8. The average Bonchev–Trinajstić information content (AvgIpc) is 2.83. The van der Waals surface area contributed by atoms with Gasteiger partial charge in [0.1, 0.15) is 18.9 Å². The lowest BCUT2D eigenvalue weighted by atomic mass is 9.63. The topological polar surface area (TPSA) is 83.9 Å². The number of carboxylic acid groups (broad SMARTS) is 1. The van der Waals surface area contributed by atoms with Crippen molar-refractivity contribution in [2.75, 3.05) is 6.54 Å². The fourth-order valence-corrected chi connectivity index (χ4v) is 7.15. The Bertz CT molecular complexity index is 1480. The summed E-state index contributed by atoms with van der Waals surface area (Å²) in [6, 6.07) is 10.6. The molecule has 41 heavy (non-hydrogen) atoms. The number of halogens is 3. The summed E-state index contributed by atoms with van der Waals surface area (Å²) in [4.78, 5) is 41.8. The molecule has 5 rings (SSSR count). The van der Waals surface area contributed by atoms with Crippen molar-refractivity contribution in [1.29, 1.82) is 0 Å². The molecule has 0 aromatic heterocycles. The Hall–Kier alpha value is -2.80. The van der Waals surface area contributed by atoms with Gasteiger partial charge in [-0.3, -0.25) is 14.4 Å². The van der Waals surface area contributed by atoms with E-state index in [4.69, 9.17) is 39.5 Å². The minimum Gasteiger partial charge on any atom is -0.487 e.